The second-order valence-corrected chi connectivity index (χ2v) is 8.36. The summed E-state index contributed by atoms with van der Waals surface area (Å²) in [7, 11) is 1.36. The number of carbonyl (C=O) groups excluding carboxylic acids is 2. The molecular weight excluding hydrogens is 414 g/mol. The van der Waals surface area contributed by atoms with Gasteiger partial charge in [0, 0.05) is 24.9 Å². The minimum Gasteiger partial charge on any atom is -0.465 e. The average molecular weight is 446 g/mol. The lowest BCUT2D eigenvalue weighted by atomic mass is 9.99. The zero-order valence-corrected chi connectivity index (χ0v) is 19.2. The first-order valence-corrected chi connectivity index (χ1v) is 11.3. The van der Waals surface area contributed by atoms with Gasteiger partial charge in [0.2, 0.25) is 5.91 Å². The van der Waals surface area contributed by atoms with E-state index in [9.17, 15) is 14.7 Å². The van der Waals surface area contributed by atoms with Crippen molar-refractivity contribution in [2.45, 2.75) is 44.8 Å². The lowest BCUT2D eigenvalue weighted by molar-refractivity contribution is -0.128. The molecule has 0 saturated carbocycles. The predicted molar refractivity (Wildman–Crippen MR) is 128 cm³/mol. The van der Waals surface area contributed by atoms with Gasteiger partial charge in [0.1, 0.15) is 0 Å². The van der Waals surface area contributed by atoms with Gasteiger partial charge in [-0.25, -0.2) is 4.79 Å². The van der Waals surface area contributed by atoms with Gasteiger partial charge in [-0.1, -0.05) is 61.2 Å². The molecule has 5 nitrogen and oxygen atoms in total. The Morgan fingerprint density at radius 3 is 2.64 bits per heavy atom. The fourth-order valence-corrected chi connectivity index (χ4v) is 3.81. The molecule has 2 aromatic carbocycles. The van der Waals surface area contributed by atoms with Crippen LogP contribution in [0.5, 0.6) is 0 Å². The smallest absolute Gasteiger partial charge is 0.337 e. The summed E-state index contributed by atoms with van der Waals surface area (Å²) in [6.45, 7) is 2.57. The lowest BCUT2D eigenvalue weighted by Crippen LogP contribution is -2.34. The molecule has 0 aromatic heterocycles. The first-order valence-electron chi connectivity index (χ1n) is 11.3. The van der Waals surface area contributed by atoms with Crippen molar-refractivity contribution in [3.8, 4) is 11.8 Å². The molecule has 1 fully saturated rings. The van der Waals surface area contributed by atoms with Crippen LogP contribution in [-0.4, -0.2) is 47.7 Å². The highest BCUT2D eigenvalue weighted by Crippen LogP contribution is 2.21. The van der Waals surface area contributed by atoms with Crippen molar-refractivity contribution in [3.05, 3.63) is 83.4 Å². The molecule has 2 aromatic rings. The molecular formula is C28H31NO4. The molecule has 1 amide bonds. The number of benzene rings is 2. The largest absolute Gasteiger partial charge is 0.465 e. The average Bonchev–Trinajstić information content (AvgIpc) is 3.20. The number of hydrogen-bond acceptors (Lipinski definition) is 4. The highest BCUT2D eigenvalue weighted by Gasteiger charge is 2.28. The van der Waals surface area contributed by atoms with E-state index in [0.717, 1.165) is 17.5 Å². The number of likely N-dealkylation sites (tertiary alicyclic amines) is 1. The Kier molecular flexibility index (Phi) is 8.86. The second-order valence-electron chi connectivity index (χ2n) is 8.36. The summed E-state index contributed by atoms with van der Waals surface area (Å²) in [5.74, 6) is 6.03. The Balaban J connectivity index is 1.52. The SMILES string of the molecule is COC(=O)c1ccc(CCN2C(=O)CC[C@@H]2/C=C/C(O)C(C)CC#Cc2ccccc2)cc1. The van der Waals surface area contributed by atoms with Gasteiger partial charge in [0.15, 0.2) is 0 Å². The first-order chi connectivity index (χ1) is 16.0. The maximum Gasteiger partial charge on any atom is 0.337 e. The van der Waals surface area contributed by atoms with E-state index in [0.29, 0.717) is 31.4 Å². The number of ether oxygens (including phenoxy) is 1. The van der Waals surface area contributed by atoms with Gasteiger partial charge in [0.05, 0.1) is 24.8 Å². The molecule has 5 heteroatoms. The molecule has 1 N–H and O–H groups in total. The maximum atomic E-state index is 12.4. The predicted octanol–water partition coefficient (Wildman–Crippen LogP) is 4.00. The summed E-state index contributed by atoms with van der Waals surface area (Å²) in [6, 6.07) is 17.0. The molecule has 2 unspecified atom stereocenters. The van der Waals surface area contributed by atoms with Gasteiger partial charge >= 0.3 is 5.97 Å². The highest BCUT2D eigenvalue weighted by molar-refractivity contribution is 5.89. The van der Waals surface area contributed by atoms with E-state index in [-0.39, 0.29) is 23.8 Å². The summed E-state index contributed by atoms with van der Waals surface area (Å²) in [5, 5.41) is 10.5. The summed E-state index contributed by atoms with van der Waals surface area (Å²) in [5.41, 5.74) is 2.53. The van der Waals surface area contributed by atoms with E-state index in [1.807, 2.05) is 60.4 Å². The van der Waals surface area contributed by atoms with Crippen molar-refractivity contribution in [3.63, 3.8) is 0 Å². The van der Waals surface area contributed by atoms with Crippen LogP contribution in [0.15, 0.2) is 66.7 Å². The topological polar surface area (TPSA) is 66.8 Å². The fourth-order valence-electron chi connectivity index (χ4n) is 3.81. The van der Waals surface area contributed by atoms with E-state index < -0.39 is 6.10 Å². The molecule has 0 bridgehead atoms. The maximum absolute atomic E-state index is 12.4. The Morgan fingerprint density at radius 1 is 1.21 bits per heavy atom. The molecule has 1 aliphatic rings. The first kappa shape index (κ1) is 24.3. The van der Waals surface area contributed by atoms with Crippen LogP contribution in [0, 0.1) is 17.8 Å². The molecule has 0 radical (unpaired) electrons. The van der Waals surface area contributed by atoms with Crippen LogP contribution in [0.25, 0.3) is 0 Å². The van der Waals surface area contributed by atoms with Crippen LogP contribution in [0.2, 0.25) is 0 Å². The third-order valence-electron chi connectivity index (χ3n) is 5.94. The number of esters is 1. The quantitative estimate of drug-likeness (QED) is 0.379. The molecule has 33 heavy (non-hydrogen) atoms. The standard InChI is InChI=1S/C28H31NO4/c1-21(7-6-10-22-8-4-3-5-9-22)26(30)17-15-25-16-18-27(31)29(25)20-19-23-11-13-24(14-12-23)28(32)33-2/h3-5,8-9,11-15,17,21,25-26,30H,7,16,18-20H2,1-2H3/b17-15+/t21?,25-,26?/m0/s1. The molecule has 0 aliphatic carbocycles. The van der Waals surface area contributed by atoms with E-state index >= 15 is 0 Å². The Hall–Kier alpha value is -3.36. The third-order valence-corrected chi connectivity index (χ3v) is 5.94. The minimum absolute atomic E-state index is 0.00339. The van der Waals surface area contributed by atoms with Crippen molar-refractivity contribution in [1.82, 2.24) is 4.90 Å². The van der Waals surface area contributed by atoms with Crippen molar-refractivity contribution in [2.24, 2.45) is 5.92 Å². The summed E-state index contributed by atoms with van der Waals surface area (Å²) >= 11 is 0. The zero-order valence-electron chi connectivity index (χ0n) is 19.2. The second kappa shape index (κ2) is 12.0. The van der Waals surface area contributed by atoms with Crippen molar-refractivity contribution >= 4 is 11.9 Å². The number of methoxy groups -OCH3 is 1. The summed E-state index contributed by atoms with van der Waals surface area (Å²) in [6.07, 6.45) is 5.71. The summed E-state index contributed by atoms with van der Waals surface area (Å²) in [4.78, 5) is 25.8. The van der Waals surface area contributed by atoms with E-state index in [4.69, 9.17) is 4.74 Å². The highest BCUT2D eigenvalue weighted by atomic mass is 16.5. The Morgan fingerprint density at radius 2 is 1.94 bits per heavy atom. The number of rotatable bonds is 8. The van der Waals surface area contributed by atoms with E-state index in [2.05, 4.69) is 11.8 Å². The van der Waals surface area contributed by atoms with Crippen LogP contribution in [-0.2, 0) is 16.0 Å². The van der Waals surface area contributed by atoms with Crippen LogP contribution < -0.4 is 0 Å². The van der Waals surface area contributed by atoms with E-state index in [1.165, 1.54) is 7.11 Å². The number of aliphatic hydroxyl groups is 1. The normalized spacial score (nSPS) is 17.5. The van der Waals surface area contributed by atoms with Gasteiger partial charge in [-0.15, -0.1) is 0 Å². The molecule has 1 heterocycles. The van der Waals surface area contributed by atoms with Gasteiger partial charge in [0.25, 0.3) is 0 Å². The number of hydrogen-bond donors (Lipinski definition) is 1. The monoisotopic (exact) mass is 445 g/mol. The van der Waals surface area contributed by atoms with E-state index in [1.54, 1.807) is 18.2 Å². The molecule has 3 rings (SSSR count). The number of aliphatic hydroxyl groups excluding tert-OH is 1. The molecule has 172 valence electrons. The number of nitrogens with zero attached hydrogens (tertiary/aromatic N) is 1. The van der Waals surface area contributed by atoms with Gasteiger partial charge < -0.3 is 14.7 Å². The molecule has 0 spiro atoms. The Labute approximate surface area is 196 Å². The van der Waals surface area contributed by atoms with Crippen LogP contribution in [0.4, 0.5) is 0 Å². The third kappa shape index (κ3) is 7.06. The summed E-state index contributed by atoms with van der Waals surface area (Å²) < 4.78 is 4.72. The number of carbonyl (C=O) groups is 2. The van der Waals surface area contributed by atoms with Crippen LogP contribution >= 0.6 is 0 Å². The Bertz CT molecular complexity index is 1020. The van der Waals surface area contributed by atoms with Crippen molar-refractivity contribution in [1.29, 1.82) is 0 Å². The zero-order chi connectivity index (χ0) is 23.6. The van der Waals surface area contributed by atoms with Crippen molar-refractivity contribution < 1.29 is 19.4 Å². The fraction of sp³-hybridized carbons (Fsp3) is 0.357. The minimum atomic E-state index is -0.613. The number of amides is 1. The molecule has 1 aliphatic heterocycles. The van der Waals surface area contributed by atoms with Gasteiger partial charge in [-0.2, -0.15) is 0 Å². The lowest BCUT2D eigenvalue weighted by Gasteiger charge is -2.23. The molecule has 1 saturated heterocycles. The van der Waals surface area contributed by atoms with Crippen molar-refractivity contribution in [2.75, 3.05) is 13.7 Å². The van der Waals surface area contributed by atoms with Gasteiger partial charge in [-0.05, 0) is 48.6 Å². The molecule has 3 atom stereocenters. The van der Waals surface area contributed by atoms with Crippen LogP contribution in [0.1, 0.15) is 47.7 Å². The van der Waals surface area contributed by atoms with Gasteiger partial charge in [-0.3, -0.25) is 4.79 Å². The van der Waals surface area contributed by atoms with Crippen LogP contribution in [0.3, 0.4) is 0 Å².